The molecule has 0 spiro atoms. The summed E-state index contributed by atoms with van der Waals surface area (Å²) in [5.74, 6) is 2.30. The van der Waals surface area contributed by atoms with Gasteiger partial charge in [0.15, 0.2) is 0 Å². The number of methoxy groups -OCH3 is 1. The first kappa shape index (κ1) is 14.2. The molecule has 2 aromatic heterocycles. The van der Waals surface area contributed by atoms with Gasteiger partial charge in [-0.15, -0.1) is 0 Å². The Labute approximate surface area is 119 Å². The fraction of sp³-hybridized carbons (Fsp3) is 0.400. The third kappa shape index (κ3) is 3.44. The van der Waals surface area contributed by atoms with Gasteiger partial charge in [-0.3, -0.25) is 0 Å². The van der Waals surface area contributed by atoms with E-state index in [9.17, 15) is 0 Å². The van der Waals surface area contributed by atoms with Gasteiger partial charge in [-0.05, 0) is 12.5 Å². The van der Waals surface area contributed by atoms with E-state index in [1.54, 1.807) is 13.3 Å². The molecule has 0 aromatic carbocycles. The molecular weight excluding hydrogens is 252 g/mol. The second-order valence-corrected chi connectivity index (χ2v) is 4.42. The summed E-state index contributed by atoms with van der Waals surface area (Å²) in [4.78, 5) is 13.3. The van der Waals surface area contributed by atoms with Gasteiger partial charge in [-0.25, -0.2) is 15.0 Å². The number of rotatable bonds is 6. The van der Waals surface area contributed by atoms with Crippen molar-refractivity contribution in [3.05, 3.63) is 30.2 Å². The van der Waals surface area contributed by atoms with Crippen LogP contribution in [0.25, 0.3) is 11.3 Å². The van der Waals surface area contributed by atoms with Crippen LogP contribution in [0.1, 0.15) is 26.1 Å². The van der Waals surface area contributed by atoms with Crippen LogP contribution in [-0.4, -0.2) is 28.6 Å². The summed E-state index contributed by atoms with van der Waals surface area (Å²) in [6.07, 6.45) is 3.63. The van der Waals surface area contributed by atoms with Crippen LogP contribution < -0.4 is 10.1 Å². The van der Waals surface area contributed by atoms with E-state index in [4.69, 9.17) is 4.74 Å². The highest BCUT2D eigenvalue weighted by molar-refractivity contribution is 5.62. The summed E-state index contributed by atoms with van der Waals surface area (Å²) in [6.45, 7) is 5.08. The van der Waals surface area contributed by atoms with Crippen LogP contribution in [0.4, 0.5) is 5.82 Å². The maximum Gasteiger partial charge on any atom is 0.212 e. The Morgan fingerprint density at radius 3 is 2.65 bits per heavy atom. The van der Waals surface area contributed by atoms with Gasteiger partial charge in [0.05, 0.1) is 12.8 Å². The van der Waals surface area contributed by atoms with E-state index >= 15 is 0 Å². The van der Waals surface area contributed by atoms with Crippen molar-refractivity contribution in [1.29, 1.82) is 0 Å². The van der Waals surface area contributed by atoms with Crippen LogP contribution in [0.2, 0.25) is 0 Å². The third-order valence-corrected chi connectivity index (χ3v) is 2.89. The molecule has 0 atom stereocenters. The number of pyridine rings is 1. The van der Waals surface area contributed by atoms with Gasteiger partial charge >= 0.3 is 0 Å². The molecule has 0 fully saturated rings. The fourth-order valence-corrected chi connectivity index (χ4v) is 1.80. The first-order valence-corrected chi connectivity index (χ1v) is 6.89. The molecular formula is C15H20N4O. The molecule has 0 saturated heterocycles. The van der Waals surface area contributed by atoms with Crippen molar-refractivity contribution in [2.45, 2.75) is 26.7 Å². The van der Waals surface area contributed by atoms with Crippen molar-refractivity contribution in [3.63, 3.8) is 0 Å². The molecule has 2 heterocycles. The number of nitrogens with zero attached hydrogens (tertiary/aromatic N) is 3. The maximum atomic E-state index is 5.07. The molecule has 0 radical (unpaired) electrons. The molecule has 2 rings (SSSR count). The van der Waals surface area contributed by atoms with Crippen LogP contribution in [0.5, 0.6) is 5.88 Å². The lowest BCUT2D eigenvalue weighted by Gasteiger charge is -2.09. The molecule has 5 nitrogen and oxygen atoms in total. The summed E-state index contributed by atoms with van der Waals surface area (Å²) >= 11 is 0. The smallest absolute Gasteiger partial charge is 0.212 e. The third-order valence-electron chi connectivity index (χ3n) is 2.89. The van der Waals surface area contributed by atoms with E-state index in [0.717, 1.165) is 42.3 Å². The van der Waals surface area contributed by atoms with Gasteiger partial charge in [0.1, 0.15) is 11.6 Å². The predicted molar refractivity (Wildman–Crippen MR) is 80.0 cm³/mol. The largest absolute Gasteiger partial charge is 0.481 e. The molecule has 0 aliphatic heterocycles. The molecule has 0 saturated carbocycles. The molecule has 2 aromatic rings. The number of hydrogen-bond donors (Lipinski definition) is 1. The Hall–Kier alpha value is -2.17. The molecule has 0 unspecified atom stereocenters. The SMILES string of the molecule is CCCNc1cc(-c2ccc(OC)nc2)nc(CC)n1. The van der Waals surface area contributed by atoms with Gasteiger partial charge in [-0.1, -0.05) is 13.8 Å². The number of hydrogen-bond acceptors (Lipinski definition) is 5. The predicted octanol–water partition coefficient (Wildman–Crippen LogP) is 2.93. The Kier molecular flexibility index (Phi) is 4.87. The normalized spacial score (nSPS) is 10.3. The zero-order valence-corrected chi connectivity index (χ0v) is 12.2. The van der Waals surface area contributed by atoms with E-state index < -0.39 is 0 Å². The molecule has 0 aliphatic carbocycles. The van der Waals surface area contributed by atoms with Crippen molar-refractivity contribution >= 4 is 5.82 Å². The van der Waals surface area contributed by atoms with E-state index in [2.05, 4.69) is 34.1 Å². The molecule has 0 amide bonds. The fourth-order valence-electron chi connectivity index (χ4n) is 1.80. The topological polar surface area (TPSA) is 59.9 Å². The highest BCUT2D eigenvalue weighted by atomic mass is 16.5. The summed E-state index contributed by atoms with van der Waals surface area (Å²) < 4.78 is 5.07. The number of anilines is 1. The zero-order chi connectivity index (χ0) is 14.4. The molecule has 106 valence electrons. The Morgan fingerprint density at radius 1 is 1.20 bits per heavy atom. The second-order valence-electron chi connectivity index (χ2n) is 4.42. The lowest BCUT2D eigenvalue weighted by molar-refractivity contribution is 0.398. The van der Waals surface area contributed by atoms with Crippen molar-refractivity contribution < 1.29 is 4.74 Å². The number of nitrogens with one attached hydrogen (secondary N) is 1. The Morgan fingerprint density at radius 2 is 2.05 bits per heavy atom. The highest BCUT2D eigenvalue weighted by Crippen LogP contribution is 2.21. The van der Waals surface area contributed by atoms with Crippen LogP contribution in [0.15, 0.2) is 24.4 Å². The lowest BCUT2D eigenvalue weighted by atomic mass is 10.2. The van der Waals surface area contributed by atoms with Crippen molar-refractivity contribution in [2.75, 3.05) is 19.0 Å². The maximum absolute atomic E-state index is 5.07. The van der Waals surface area contributed by atoms with Crippen LogP contribution in [0.3, 0.4) is 0 Å². The Balaban J connectivity index is 2.33. The minimum Gasteiger partial charge on any atom is -0.481 e. The van der Waals surface area contributed by atoms with Gasteiger partial charge in [0.2, 0.25) is 5.88 Å². The Bertz CT molecular complexity index is 554. The zero-order valence-electron chi connectivity index (χ0n) is 12.2. The quantitative estimate of drug-likeness (QED) is 0.876. The molecule has 5 heteroatoms. The molecule has 0 bridgehead atoms. The average Bonchev–Trinajstić information content (AvgIpc) is 2.52. The number of aromatic nitrogens is 3. The van der Waals surface area contributed by atoms with Gasteiger partial charge in [-0.2, -0.15) is 0 Å². The van der Waals surface area contributed by atoms with Gasteiger partial charge in [0.25, 0.3) is 0 Å². The van der Waals surface area contributed by atoms with Crippen LogP contribution >= 0.6 is 0 Å². The van der Waals surface area contributed by atoms with Crippen molar-refractivity contribution in [3.8, 4) is 17.1 Å². The summed E-state index contributed by atoms with van der Waals surface area (Å²) in [5, 5.41) is 3.31. The van der Waals surface area contributed by atoms with Gasteiger partial charge < -0.3 is 10.1 Å². The first-order chi connectivity index (χ1) is 9.76. The summed E-state index contributed by atoms with van der Waals surface area (Å²) in [6, 6.07) is 5.75. The second kappa shape index (κ2) is 6.84. The van der Waals surface area contributed by atoms with E-state index in [-0.39, 0.29) is 0 Å². The van der Waals surface area contributed by atoms with Gasteiger partial charge in [0, 0.05) is 36.9 Å². The summed E-state index contributed by atoms with van der Waals surface area (Å²) in [7, 11) is 1.61. The summed E-state index contributed by atoms with van der Waals surface area (Å²) in [5.41, 5.74) is 1.84. The molecule has 0 aliphatic rings. The van der Waals surface area contributed by atoms with Crippen molar-refractivity contribution in [1.82, 2.24) is 15.0 Å². The van der Waals surface area contributed by atoms with Crippen molar-refractivity contribution in [2.24, 2.45) is 0 Å². The van der Waals surface area contributed by atoms with Crippen LogP contribution in [0, 0.1) is 0 Å². The lowest BCUT2D eigenvalue weighted by Crippen LogP contribution is -2.05. The minimum absolute atomic E-state index is 0.600. The van der Waals surface area contributed by atoms with Crippen LogP contribution in [-0.2, 0) is 6.42 Å². The minimum atomic E-state index is 0.600. The highest BCUT2D eigenvalue weighted by Gasteiger charge is 2.06. The molecule has 20 heavy (non-hydrogen) atoms. The van der Waals surface area contributed by atoms with E-state index in [1.807, 2.05) is 18.2 Å². The van der Waals surface area contributed by atoms with E-state index in [1.165, 1.54) is 0 Å². The standard InChI is InChI=1S/C15H20N4O/c1-4-8-16-14-9-12(18-13(5-2)19-14)11-6-7-15(20-3)17-10-11/h6-7,9-10H,4-5,8H2,1-3H3,(H,16,18,19). The first-order valence-electron chi connectivity index (χ1n) is 6.89. The van der Waals surface area contributed by atoms with E-state index in [0.29, 0.717) is 5.88 Å². The monoisotopic (exact) mass is 272 g/mol. The molecule has 1 N–H and O–H groups in total. The number of aryl methyl sites for hydroxylation is 1. The average molecular weight is 272 g/mol. The number of ether oxygens (including phenoxy) is 1.